The molecule has 0 radical (unpaired) electrons. The van der Waals surface area contributed by atoms with E-state index in [2.05, 4.69) is 5.32 Å². The minimum absolute atomic E-state index is 0.0407. The van der Waals surface area contributed by atoms with E-state index in [-0.39, 0.29) is 11.8 Å². The summed E-state index contributed by atoms with van der Waals surface area (Å²) in [5.74, 6) is 0.878. The summed E-state index contributed by atoms with van der Waals surface area (Å²) in [5.41, 5.74) is 2.73. The van der Waals surface area contributed by atoms with E-state index in [9.17, 15) is 9.59 Å². The molecule has 3 aromatic carbocycles. The van der Waals surface area contributed by atoms with Gasteiger partial charge in [-0.3, -0.25) is 9.59 Å². The molecule has 190 valence electrons. The highest BCUT2D eigenvalue weighted by Crippen LogP contribution is 2.43. The summed E-state index contributed by atoms with van der Waals surface area (Å²) in [4.78, 5) is 28.9. The van der Waals surface area contributed by atoms with Gasteiger partial charge in [-0.25, -0.2) is 0 Å². The number of halogens is 1. The standard InChI is InChI=1S/C28H25ClN2O5S/c1-34-22-9-5-18(15-23(22)35-2)25-21-16-20(30-27(32)17-3-6-19(29)7-4-17)8-10-24(21)37-26(25)28(33)31-11-13-36-14-12-31/h3-10,15-16H,11-14H2,1-2H3,(H,30,32). The molecule has 0 bridgehead atoms. The van der Waals surface area contributed by atoms with Crippen molar-refractivity contribution in [2.75, 3.05) is 45.8 Å². The van der Waals surface area contributed by atoms with Crippen LogP contribution in [0.5, 0.6) is 11.5 Å². The maximum atomic E-state index is 13.7. The molecule has 1 saturated heterocycles. The lowest BCUT2D eigenvalue weighted by Gasteiger charge is -2.26. The average molecular weight is 537 g/mol. The summed E-state index contributed by atoms with van der Waals surface area (Å²) < 4.78 is 17.3. The third kappa shape index (κ3) is 5.13. The van der Waals surface area contributed by atoms with Crippen LogP contribution < -0.4 is 14.8 Å². The number of hydrogen-bond acceptors (Lipinski definition) is 6. The Bertz CT molecular complexity index is 1460. The molecule has 2 amide bonds. The van der Waals surface area contributed by atoms with Crippen LogP contribution in [0.15, 0.2) is 60.7 Å². The number of thiophene rings is 1. The first-order chi connectivity index (χ1) is 18.0. The smallest absolute Gasteiger partial charge is 0.264 e. The van der Waals surface area contributed by atoms with Gasteiger partial charge >= 0.3 is 0 Å². The van der Waals surface area contributed by atoms with Crippen molar-refractivity contribution in [3.05, 3.63) is 76.1 Å². The molecule has 0 atom stereocenters. The van der Waals surface area contributed by atoms with Gasteiger partial charge < -0.3 is 24.4 Å². The quantitative estimate of drug-likeness (QED) is 0.329. The van der Waals surface area contributed by atoms with Gasteiger partial charge in [0.25, 0.3) is 11.8 Å². The van der Waals surface area contributed by atoms with Gasteiger partial charge in [0, 0.05) is 45.0 Å². The summed E-state index contributed by atoms with van der Waals surface area (Å²) in [6.45, 7) is 2.12. The van der Waals surface area contributed by atoms with Crippen molar-refractivity contribution in [2.45, 2.75) is 0 Å². The van der Waals surface area contributed by atoms with E-state index in [1.54, 1.807) is 38.5 Å². The summed E-state index contributed by atoms with van der Waals surface area (Å²) in [6, 6.07) is 18.0. The first-order valence-electron chi connectivity index (χ1n) is 11.7. The van der Waals surface area contributed by atoms with Crippen molar-refractivity contribution in [1.29, 1.82) is 0 Å². The predicted molar refractivity (Wildman–Crippen MR) is 146 cm³/mol. The number of carbonyl (C=O) groups is 2. The SMILES string of the molecule is COc1ccc(-c2c(C(=O)N3CCOCC3)sc3ccc(NC(=O)c4ccc(Cl)cc4)cc23)cc1OC. The molecule has 7 nitrogen and oxygen atoms in total. The average Bonchev–Trinajstić information content (AvgIpc) is 3.31. The summed E-state index contributed by atoms with van der Waals surface area (Å²) in [5, 5.41) is 4.38. The second kappa shape index (κ2) is 10.8. The van der Waals surface area contributed by atoms with E-state index in [0.717, 1.165) is 21.2 Å². The number of methoxy groups -OCH3 is 2. The summed E-state index contributed by atoms with van der Waals surface area (Å²) in [7, 11) is 3.16. The Labute approximate surface area is 223 Å². The van der Waals surface area contributed by atoms with Crippen LogP contribution in [0, 0.1) is 0 Å². The van der Waals surface area contributed by atoms with Gasteiger partial charge in [-0.15, -0.1) is 11.3 Å². The fourth-order valence-corrected chi connectivity index (χ4v) is 5.62. The van der Waals surface area contributed by atoms with Crippen molar-refractivity contribution in [3.63, 3.8) is 0 Å². The van der Waals surface area contributed by atoms with Crippen molar-refractivity contribution >= 4 is 50.5 Å². The topological polar surface area (TPSA) is 77.1 Å². The Morgan fingerprint density at radius 1 is 0.946 bits per heavy atom. The fraction of sp³-hybridized carbons (Fsp3) is 0.214. The lowest BCUT2D eigenvalue weighted by molar-refractivity contribution is 0.0306. The number of ether oxygens (including phenoxy) is 3. The number of rotatable bonds is 6. The van der Waals surface area contributed by atoms with Crippen LogP contribution >= 0.6 is 22.9 Å². The number of nitrogens with zero attached hydrogens (tertiary/aromatic N) is 1. The number of hydrogen-bond donors (Lipinski definition) is 1. The van der Waals surface area contributed by atoms with Gasteiger partial charge in [0.2, 0.25) is 0 Å². The molecular formula is C28H25ClN2O5S. The number of anilines is 1. The Kier molecular flexibility index (Phi) is 7.32. The van der Waals surface area contributed by atoms with Crippen LogP contribution in [0.4, 0.5) is 5.69 Å². The van der Waals surface area contributed by atoms with Crippen LogP contribution in [0.25, 0.3) is 21.2 Å². The maximum absolute atomic E-state index is 13.7. The number of morpholine rings is 1. The largest absolute Gasteiger partial charge is 0.493 e. The van der Waals surface area contributed by atoms with Gasteiger partial charge in [-0.05, 0) is 60.2 Å². The van der Waals surface area contributed by atoms with Gasteiger partial charge in [-0.1, -0.05) is 17.7 Å². The van der Waals surface area contributed by atoms with E-state index in [0.29, 0.717) is 59.0 Å². The molecule has 5 rings (SSSR count). The molecule has 37 heavy (non-hydrogen) atoms. The second-order valence-electron chi connectivity index (χ2n) is 8.45. The molecule has 1 fully saturated rings. The molecule has 9 heteroatoms. The number of nitrogens with one attached hydrogen (secondary N) is 1. The van der Waals surface area contributed by atoms with Crippen LogP contribution in [0.2, 0.25) is 5.02 Å². The van der Waals surface area contributed by atoms with Gasteiger partial charge in [-0.2, -0.15) is 0 Å². The zero-order chi connectivity index (χ0) is 25.9. The van der Waals surface area contributed by atoms with E-state index in [1.165, 1.54) is 11.3 Å². The molecule has 1 N–H and O–H groups in total. The van der Waals surface area contributed by atoms with E-state index in [1.807, 2.05) is 41.3 Å². The van der Waals surface area contributed by atoms with Crippen molar-refractivity contribution in [1.82, 2.24) is 4.90 Å². The lowest BCUT2D eigenvalue weighted by Crippen LogP contribution is -2.40. The predicted octanol–water partition coefficient (Wildman–Crippen LogP) is 5.96. The van der Waals surface area contributed by atoms with Crippen LogP contribution in [-0.2, 0) is 4.74 Å². The second-order valence-corrected chi connectivity index (χ2v) is 9.94. The summed E-state index contributed by atoms with van der Waals surface area (Å²) >= 11 is 7.39. The van der Waals surface area contributed by atoms with Crippen LogP contribution in [-0.4, -0.2) is 57.2 Å². The molecular weight excluding hydrogens is 512 g/mol. The number of fused-ring (bicyclic) bond motifs is 1. The van der Waals surface area contributed by atoms with Gasteiger partial charge in [0.1, 0.15) is 4.88 Å². The minimum atomic E-state index is -0.247. The van der Waals surface area contributed by atoms with E-state index in [4.69, 9.17) is 25.8 Å². The molecule has 1 aliphatic rings. The van der Waals surface area contributed by atoms with Crippen LogP contribution in [0.1, 0.15) is 20.0 Å². The molecule has 4 aromatic rings. The Morgan fingerprint density at radius 3 is 2.38 bits per heavy atom. The van der Waals surface area contributed by atoms with Crippen molar-refractivity contribution in [2.24, 2.45) is 0 Å². The summed E-state index contributed by atoms with van der Waals surface area (Å²) in [6.07, 6.45) is 0. The Balaban J connectivity index is 1.60. The number of amides is 2. The molecule has 0 unspecified atom stereocenters. The maximum Gasteiger partial charge on any atom is 0.264 e. The molecule has 2 heterocycles. The monoisotopic (exact) mass is 536 g/mol. The lowest BCUT2D eigenvalue weighted by atomic mass is 10.00. The third-order valence-corrected chi connectivity index (χ3v) is 7.63. The highest BCUT2D eigenvalue weighted by Gasteiger charge is 2.26. The minimum Gasteiger partial charge on any atom is -0.493 e. The molecule has 0 saturated carbocycles. The molecule has 0 spiro atoms. The Hall–Kier alpha value is -3.59. The number of benzene rings is 3. The van der Waals surface area contributed by atoms with E-state index < -0.39 is 0 Å². The van der Waals surface area contributed by atoms with Crippen LogP contribution in [0.3, 0.4) is 0 Å². The molecule has 1 aromatic heterocycles. The van der Waals surface area contributed by atoms with Crippen molar-refractivity contribution < 1.29 is 23.8 Å². The highest BCUT2D eigenvalue weighted by molar-refractivity contribution is 7.21. The molecule has 0 aliphatic carbocycles. The first-order valence-corrected chi connectivity index (χ1v) is 12.9. The highest BCUT2D eigenvalue weighted by atomic mass is 35.5. The normalized spacial score (nSPS) is 13.4. The third-order valence-electron chi connectivity index (χ3n) is 6.22. The van der Waals surface area contributed by atoms with Crippen molar-refractivity contribution in [3.8, 4) is 22.6 Å². The van der Waals surface area contributed by atoms with E-state index >= 15 is 0 Å². The zero-order valence-corrected chi connectivity index (χ0v) is 21.9. The Morgan fingerprint density at radius 2 is 1.68 bits per heavy atom. The number of carbonyl (C=O) groups excluding carboxylic acids is 2. The van der Waals surface area contributed by atoms with Gasteiger partial charge in [0.15, 0.2) is 11.5 Å². The van der Waals surface area contributed by atoms with Gasteiger partial charge in [0.05, 0.1) is 27.4 Å². The molecule has 1 aliphatic heterocycles. The first kappa shape index (κ1) is 25.1. The fourth-order valence-electron chi connectivity index (χ4n) is 4.32. The zero-order valence-electron chi connectivity index (χ0n) is 20.4.